The number of nitro groups is 1. The van der Waals surface area contributed by atoms with Crippen LogP contribution in [0.1, 0.15) is 33.2 Å². The number of nitrogens with one attached hydrogen (secondary N) is 2. The van der Waals surface area contributed by atoms with Crippen LogP contribution in [0.15, 0.2) is 66.7 Å². The van der Waals surface area contributed by atoms with Gasteiger partial charge in [-0.3, -0.25) is 19.7 Å². The molecule has 32 heavy (non-hydrogen) atoms. The molecule has 0 saturated heterocycles. The Bertz CT molecular complexity index is 1150. The van der Waals surface area contributed by atoms with Crippen LogP contribution in [0.5, 0.6) is 11.5 Å². The number of benzene rings is 3. The third-order valence-electron chi connectivity index (χ3n) is 4.44. The predicted octanol–water partition coefficient (Wildman–Crippen LogP) is 4.72. The van der Waals surface area contributed by atoms with Crippen LogP contribution in [0.25, 0.3) is 0 Å². The van der Waals surface area contributed by atoms with E-state index in [2.05, 4.69) is 10.6 Å². The van der Waals surface area contributed by atoms with Crippen LogP contribution in [0.2, 0.25) is 5.02 Å². The molecule has 3 aromatic rings. The van der Waals surface area contributed by atoms with Crippen molar-refractivity contribution in [3.05, 3.63) is 98.6 Å². The zero-order valence-corrected chi connectivity index (χ0v) is 17.9. The van der Waals surface area contributed by atoms with E-state index in [-0.39, 0.29) is 34.8 Å². The minimum Gasteiger partial charge on any atom is -0.450 e. The topological polar surface area (TPSA) is 111 Å². The Kier molecular flexibility index (Phi) is 7.41. The molecule has 0 saturated carbocycles. The van der Waals surface area contributed by atoms with Gasteiger partial charge in [0, 0.05) is 35.3 Å². The Morgan fingerprint density at radius 2 is 1.69 bits per heavy atom. The summed E-state index contributed by atoms with van der Waals surface area (Å²) in [4.78, 5) is 35.0. The van der Waals surface area contributed by atoms with Crippen molar-refractivity contribution in [2.45, 2.75) is 13.5 Å². The Morgan fingerprint density at radius 3 is 2.38 bits per heavy atom. The molecule has 0 aliphatic heterocycles. The lowest BCUT2D eigenvalue weighted by Gasteiger charge is -2.09. The number of halogens is 1. The van der Waals surface area contributed by atoms with Gasteiger partial charge < -0.3 is 15.4 Å². The normalized spacial score (nSPS) is 10.3. The maximum Gasteiger partial charge on any atom is 0.313 e. The first kappa shape index (κ1) is 22.8. The van der Waals surface area contributed by atoms with E-state index in [1.54, 1.807) is 42.5 Å². The second-order valence-corrected chi connectivity index (χ2v) is 7.17. The monoisotopic (exact) mass is 453 g/mol. The van der Waals surface area contributed by atoms with Gasteiger partial charge in [-0.2, -0.15) is 0 Å². The Labute approximate surface area is 189 Å². The Balaban J connectivity index is 1.63. The molecule has 0 atom stereocenters. The van der Waals surface area contributed by atoms with Crippen molar-refractivity contribution in [2.75, 3.05) is 6.54 Å². The summed E-state index contributed by atoms with van der Waals surface area (Å²) in [6.45, 7) is 2.63. The SMILES string of the molecule is CCNC(=O)c1cccc(CNC(=O)c2ccc(Oc3ccc(Cl)cc3[N+](=O)[O-])cc2)c1. The third-order valence-corrected chi connectivity index (χ3v) is 4.68. The van der Waals surface area contributed by atoms with Gasteiger partial charge in [0.25, 0.3) is 11.8 Å². The summed E-state index contributed by atoms with van der Waals surface area (Å²) in [5.41, 5.74) is 1.45. The standard InChI is InChI=1S/C23H20ClN3O5/c1-2-25-23(29)17-5-3-4-15(12-17)14-26-22(28)16-6-9-19(10-7-16)32-21-11-8-18(24)13-20(21)27(30)31/h3-13H,2,14H2,1H3,(H,25,29)(H,26,28). The molecule has 0 spiro atoms. The first-order chi connectivity index (χ1) is 15.4. The van der Waals surface area contributed by atoms with E-state index in [4.69, 9.17) is 16.3 Å². The first-order valence-electron chi connectivity index (χ1n) is 9.74. The van der Waals surface area contributed by atoms with Crippen molar-refractivity contribution in [1.82, 2.24) is 10.6 Å². The average Bonchev–Trinajstić information content (AvgIpc) is 2.79. The van der Waals surface area contributed by atoms with E-state index in [9.17, 15) is 19.7 Å². The largest absolute Gasteiger partial charge is 0.450 e. The van der Waals surface area contributed by atoms with Gasteiger partial charge in [0.05, 0.1) is 4.92 Å². The summed E-state index contributed by atoms with van der Waals surface area (Å²) in [6, 6.07) is 17.3. The molecule has 0 aliphatic carbocycles. The minimum absolute atomic E-state index is 0.0450. The Morgan fingerprint density at radius 1 is 0.969 bits per heavy atom. The van der Waals surface area contributed by atoms with Gasteiger partial charge >= 0.3 is 5.69 Å². The smallest absolute Gasteiger partial charge is 0.313 e. The second-order valence-electron chi connectivity index (χ2n) is 6.74. The van der Waals surface area contributed by atoms with Crippen LogP contribution in [0.3, 0.4) is 0 Å². The number of rotatable bonds is 8. The summed E-state index contributed by atoms with van der Waals surface area (Å²) in [5.74, 6) is -0.0974. The number of nitrogens with zero attached hydrogens (tertiary/aromatic N) is 1. The fourth-order valence-electron chi connectivity index (χ4n) is 2.89. The molecular formula is C23H20ClN3O5. The summed E-state index contributed by atoms with van der Waals surface area (Å²) in [6.07, 6.45) is 0. The lowest BCUT2D eigenvalue weighted by atomic mass is 10.1. The van der Waals surface area contributed by atoms with Gasteiger partial charge in [0.1, 0.15) is 5.75 Å². The lowest BCUT2D eigenvalue weighted by molar-refractivity contribution is -0.385. The number of ether oxygens (including phenoxy) is 1. The molecule has 0 unspecified atom stereocenters. The molecule has 0 aliphatic rings. The minimum atomic E-state index is -0.579. The zero-order chi connectivity index (χ0) is 23.1. The van der Waals surface area contributed by atoms with Crippen molar-refractivity contribution < 1.29 is 19.2 Å². The van der Waals surface area contributed by atoms with Gasteiger partial charge in [-0.05, 0) is 61.0 Å². The maximum absolute atomic E-state index is 12.5. The van der Waals surface area contributed by atoms with Crippen LogP contribution in [-0.4, -0.2) is 23.3 Å². The first-order valence-corrected chi connectivity index (χ1v) is 10.1. The van der Waals surface area contributed by atoms with Crippen molar-refractivity contribution in [3.63, 3.8) is 0 Å². The molecular weight excluding hydrogens is 434 g/mol. The summed E-state index contributed by atoms with van der Waals surface area (Å²) >= 11 is 5.81. The fraction of sp³-hybridized carbons (Fsp3) is 0.130. The summed E-state index contributed by atoms with van der Waals surface area (Å²) < 4.78 is 5.58. The molecule has 0 fully saturated rings. The van der Waals surface area contributed by atoms with Crippen LogP contribution >= 0.6 is 11.6 Å². The summed E-state index contributed by atoms with van der Waals surface area (Å²) in [7, 11) is 0. The third kappa shape index (κ3) is 5.83. The molecule has 8 nitrogen and oxygen atoms in total. The van der Waals surface area contributed by atoms with E-state index in [0.717, 1.165) is 5.56 Å². The van der Waals surface area contributed by atoms with Crippen LogP contribution < -0.4 is 15.4 Å². The number of hydrogen-bond acceptors (Lipinski definition) is 5. The number of amides is 2. The van der Waals surface area contributed by atoms with Gasteiger partial charge in [0.2, 0.25) is 5.75 Å². The van der Waals surface area contributed by atoms with E-state index < -0.39 is 4.92 Å². The quantitative estimate of drug-likeness (QED) is 0.378. The van der Waals surface area contributed by atoms with Crippen LogP contribution in [0, 0.1) is 10.1 Å². The molecule has 0 aromatic heterocycles. The number of hydrogen-bond donors (Lipinski definition) is 2. The molecule has 2 N–H and O–H groups in total. The van der Waals surface area contributed by atoms with E-state index in [1.807, 2.05) is 13.0 Å². The summed E-state index contributed by atoms with van der Waals surface area (Å²) in [5, 5.41) is 16.9. The van der Waals surface area contributed by atoms with Crippen molar-refractivity contribution in [1.29, 1.82) is 0 Å². The van der Waals surface area contributed by atoms with Gasteiger partial charge in [-0.15, -0.1) is 0 Å². The molecule has 0 bridgehead atoms. The van der Waals surface area contributed by atoms with Crippen molar-refractivity contribution in [2.24, 2.45) is 0 Å². The molecule has 9 heteroatoms. The zero-order valence-electron chi connectivity index (χ0n) is 17.1. The number of nitro benzene ring substituents is 1. The molecule has 2 amide bonds. The van der Waals surface area contributed by atoms with Gasteiger partial charge in [-0.1, -0.05) is 23.7 Å². The predicted molar refractivity (Wildman–Crippen MR) is 120 cm³/mol. The van der Waals surface area contributed by atoms with Crippen molar-refractivity contribution in [3.8, 4) is 11.5 Å². The van der Waals surface area contributed by atoms with Gasteiger partial charge in [-0.25, -0.2) is 0 Å². The molecule has 0 heterocycles. The van der Waals surface area contributed by atoms with E-state index >= 15 is 0 Å². The number of carbonyl (C=O) groups excluding carboxylic acids is 2. The second kappa shape index (κ2) is 10.4. The van der Waals surface area contributed by atoms with Crippen LogP contribution in [-0.2, 0) is 6.54 Å². The van der Waals surface area contributed by atoms with Crippen LogP contribution in [0.4, 0.5) is 5.69 Å². The highest BCUT2D eigenvalue weighted by molar-refractivity contribution is 6.30. The molecule has 3 rings (SSSR count). The highest BCUT2D eigenvalue weighted by Crippen LogP contribution is 2.33. The fourth-order valence-corrected chi connectivity index (χ4v) is 3.06. The van der Waals surface area contributed by atoms with Crippen molar-refractivity contribution >= 4 is 29.1 Å². The number of carbonyl (C=O) groups is 2. The molecule has 164 valence electrons. The molecule has 0 radical (unpaired) electrons. The Hall–Kier alpha value is -3.91. The van der Waals surface area contributed by atoms with E-state index in [0.29, 0.717) is 23.4 Å². The lowest BCUT2D eigenvalue weighted by Crippen LogP contribution is -2.24. The van der Waals surface area contributed by atoms with E-state index in [1.165, 1.54) is 18.2 Å². The highest BCUT2D eigenvalue weighted by Gasteiger charge is 2.17. The maximum atomic E-state index is 12.5. The highest BCUT2D eigenvalue weighted by atomic mass is 35.5. The average molecular weight is 454 g/mol. The molecule has 3 aromatic carbocycles. The van der Waals surface area contributed by atoms with Gasteiger partial charge in [0.15, 0.2) is 0 Å².